The first-order valence-corrected chi connectivity index (χ1v) is 29.5. The Labute approximate surface area is 441 Å². The average molecular weight is 1010 g/mol. The molecular weight excluding hydrogens is 899 g/mol. The Morgan fingerprint density at radius 1 is 0.486 bits per heavy atom. The van der Waals surface area contributed by atoms with Crippen LogP contribution in [0.1, 0.15) is 239 Å². The van der Waals surface area contributed by atoms with E-state index in [1.54, 1.807) is 6.08 Å². The summed E-state index contributed by atoms with van der Waals surface area (Å²) in [5.74, 6) is -0.189. The first-order valence-electron chi connectivity index (χ1n) is 29.5. The summed E-state index contributed by atoms with van der Waals surface area (Å²) in [6.45, 7) is 3.62. The van der Waals surface area contributed by atoms with E-state index in [9.17, 15) is 30.3 Å². The molecule has 1 aliphatic heterocycles. The molecule has 7 unspecified atom stereocenters. The summed E-state index contributed by atoms with van der Waals surface area (Å²) < 4.78 is 11.2. The molecule has 0 aromatic heterocycles. The van der Waals surface area contributed by atoms with Crippen molar-refractivity contribution in [2.75, 3.05) is 13.2 Å². The van der Waals surface area contributed by atoms with Crippen LogP contribution in [0.4, 0.5) is 0 Å². The highest BCUT2D eigenvalue weighted by Gasteiger charge is 2.44. The highest BCUT2D eigenvalue weighted by atomic mass is 16.7. The number of rotatable bonds is 49. The molecule has 9 heteroatoms. The van der Waals surface area contributed by atoms with Crippen molar-refractivity contribution < 1.29 is 39.8 Å². The predicted molar refractivity (Wildman–Crippen MR) is 304 cm³/mol. The van der Waals surface area contributed by atoms with Gasteiger partial charge in [0.25, 0.3) is 0 Å². The fraction of sp³-hybridized carbons (Fsp3) is 0.730. The third kappa shape index (κ3) is 40.5. The summed E-state index contributed by atoms with van der Waals surface area (Å²) in [5, 5.41) is 54.3. The molecule has 0 spiro atoms. The van der Waals surface area contributed by atoms with Crippen molar-refractivity contribution in [1.82, 2.24) is 5.32 Å². The molecule has 1 saturated heterocycles. The summed E-state index contributed by atoms with van der Waals surface area (Å²) >= 11 is 0. The van der Waals surface area contributed by atoms with Gasteiger partial charge in [-0.3, -0.25) is 4.79 Å². The zero-order chi connectivity index (χ0) is 52.2. The molecular formula is C63H109NO8. The lowest BCUT2D eigenvalue weighted by Crippen LogP contribution is -2.60. The van der Waals surface area contributed by atoms with E-state index in [4.69, 9.17) is 9.47 Å². The number of hydrogen-bond donors (Lipinski definition) is 6. The van der Waals surface area contributed by atoms with Crippen molar-refractivity contribution in [2.45, 2.75) is 281 Å². The summed E-state index contributed by atoms with van der Waals surface area (Å²) in [6, 6.07) is -0.824. The van der Waals surface area contributed by atoms with Crippen LogP contribution in [-0.4, -0.2) is 87.5 Å². The zero-order valence-electron chi connectivity index (χ0n) is 45.9. The van der Waals surface area contributed by atoms with Crippen LogP contribution in [0.15, 0.2) is 97.2 Å². The third-order valence-electron chi connectivity index (χ3n) is 13.4. The van der Waals surface area contributed by atoms with E-state index in [-0.39, 0.29) is 12.5 Å². The number of unbranched alkanes of at least 4 members (excludes halogenated alkanes) is 25. The highest BCUT2D eigenvalue weighted by Crippen LogP contribution is 2.23. The van der Waals surface area contributed by atoms with Gasteiger partial charge in [-0.2, -0.15) is 0 Å². The number of carbonyl (C=O) groups excluding carboxylic acids is 1. The Bertz CT molecular complexity index is 1450. The van der Waals surface area contributed by atoms with Crippen molar-refractivity contribution in [1.29, 1.82) is 0 Å². The number of nitrogens with one attached hydrogen (secondary N) is 1. The molecule has 1 aliphatic rings. The standard InChI is InChI=1S/C63H109NO8/c1-3-5-7-9-11-13-15-17-18-19-20-21-22-23-24-25-26-27-28-29-30-31-32-33-34-35-36-37-38-39-40-41-43-45-47-49-51-53-59(67)64-56(55-71-63-62(70)61(69)60(68)58(54-65)72-63)57(66)52-50-48-46-44-42-16-14-12-10-8-6-4-2/h5,7,11,13,17-18,20-21,23-24,26-27,42,44,50,52,56-58,60-63,65-66,68-70H,3-4,6,8-10,12,14-16,19,22,25,28-41,43,45-49,51,53-55H2,1-2H3,(H,64,67)/b7-5-,13-11-,18-17-,21-20-,24-23-,27-26-,44-42+,52-50+. The summed E-state index contributed by atoms with van der Waals surface area (Å²) in [4.78, 5) is 13.0. The van der Waals surface area contributed by atoms with Crippen molar-refractivity contribution in [3.8, 4) is 0 Å². The minimum absolute atomic E-state index is 0.189. The van der Waals surface area contributed by atoms with Crippen LogP contribution in [0.2, 0.25) is 0 Å². The van der Waals surface area contributed by atoms with Gasteiger partial charge in [0.05, 0.1) is 25.4 Å². The van der Waals surface area contributed by atoms with Gasteiger partial charge < -0.3 is 40.3 Å². The Morgan fingerprint density at radius 2 is 0.875 bits per heavy atom. The van der Waals surface area contributed by atoms with Crippen LogP contribution < -0.4 is 5.32 Å². The molecule has 0 aliphatic carbocycles. The molecule has 1 rings (SSSR count). The smallest absolute Gasteiger partial charge is 0.220 e. The summed E-state index contributed by atoms with van der Waals surface area (Å²) in [5.41, 5.74) is 0. The second-order valence-corrected chi connectivity index (χ2v) is 20.0. The Hall–Kier alpha value is -2.89. The lowest BCUT2D eigenvalue weighted by molar-refractivity contribution is -0.302. The van der Waals surface area contributed by atoms with Gasteiger partial charge in [0, 0.05) is 6.42 Å². The van der Waals surface area contributed by atoms with Crippen LogP contribution in [0, 0.1) is 0 Å². The first-order chi connectivity index (χ1) is 35.3. The van der Waals surface area contributed by atoms with Crippen molar-refractivity contribution in [2.24, 2.45) is 0 Å². The van der Waals surface area contributed by atoms with Gasteiger partial charge in [0.15, 0.2) is 6.29 Å². The minimum atomic E-state index is -1.57. The first kappa shape index (κ1) is 67.1. The van der Waals surface area contributed by atoms with Gasteiger partial charge >= 0.3 is 0 Å². The van der Waals surface area contributed by atoms with Crippen molar-refractivity contribution in [3.63, 3.8) is 0 Å². The Morgan fingerprint density at radius 3 is 1.33 bits per heavy atom. The number of allylic oxidation sites excluding steroid dienone is 15. The highest BCUT2D eigenvalue weighted by molar-refractivity contribution is 5.76. The summed E-state index contributed by atoms with van der Waals surface area (Å²) in [7, 11) is 0. The fourth-order valence-corrected chi connectivity index (χ4v) is 8.76. The second kappa shape index (κ2) is 51.6. The van der Waals surface area contributed by atoms with E-state index >= 15 is 0 Å². The average Bonchev–Trinajstić information content (AvgIpc) is 3.38. The zero-order valence-corrected chi connectivity index (χ0v) is 45.9. The predicted octanol–water partition coefficient (Wildman–Crippen LogP) is 14.8. The van der Waals surface area contributed by atoms with Gasteiger partial charge in [-0.1, -0.05) is 246 Å². The lowest BCUT2D eigenvalue weighted by atomic mass is 9.99. The van der Waals surface area contributed by atoms with Crippen LogP contribution in [0.25, 0.3) is 0 Å². The van der Waals surface area contributed by atoms with E-state index < -0.39 is 49.5 Å². The molecule has 0 radical (unpaired) electrons. The summed E-state index contributed by atoms with van der Waals surface area (Å²) in [6.07, 6.45) is 67.8. The molecule has 0 aromatic rings. The monoisotopic (exact) mass is 1010 g/mol. The topological polar surface area (TPSA) is 149 Å². The maximum absolute atomic E-state index is 13.0. The lowest BCUT2D eigenvalue weighted by Gasteiger charge is -2.40. The minimum Gasteiger partial charge on any atom is -0.394 e. The Kier molecular flexibility index (Phi) is 48.1. The molecule has 7 atom stereocenters. The Balaban J connectivity index is 2.09. The van der Waals surface area contributed by atoms with E-state index in [1.807, 2.05) is 6.08 Å². The van der Waals surface area contributed by atoms with E-state index in [2.05, 4.69) is 104 Å². The number of aliphatic hydroxyl groups excluding tert-OH is 5. The van der Waals surface area contributed by atoms with Gasteiger partial charge in [0.1, 0.15) is 24.4 Å². The maximum Gasteiger partial charge on any atom is 0.220 e. The number of ether oxygens (including phenoxy) is 2. The molecule has 1 heterocycles. The number of aliphatic hydroxyl groups is 5. The quantitative estimate of drug-likeness (QED) is 0.0261. The largest absolute Gasteiger partial charge is 0.394 e. The number of amides is 1. The molecule has 1 fully saturated rings. The fourth-order valence-electron chi connectivity index (χ4n) is 8.76. The normalized spacial score (nSPS) is 19.9. The molecule has 9 nitrogen and oxygen atoms in total. The molecule has 0 bridgehead atoms. The van der Waals surface area contributed by atoms with Crippen LogP contribution in [0.3, 0.4) is 0 Å². The van der Waals surface area contributed by atoms with Crippen LogP contribution in [0.5, 0.6) is 0 Å². The number of hydrogen-bond acceptors (Lipinski definition) is 8. The van der Waals surface area contributed by atoms with Gasteiger partial charge in [-0.05, 0) is 83.5 Å². The van der Waals surface area contributed by atoms with E-state index in [0.29, 0.717) is 6.42 Å². The number of carbonyl (C=O) groups is 1. The van der Waals surface area contributed by atoms with Gasteiger partial charge in [0.2, 0.25) is 5.91 Å². The SMILES string of the molecule is CC/C=C\C/C=C\C/C=C\C/C=C\C/C=C\C/C=C\CCCCCCCCCCCCCCCCCCCCC(=O)NC(COC1OC(CO)C(O)C(O)C1O)C(O)/C=C/CC/C=C/CCCCCCCC. The molecule has 1 amide bonds. The molecule has 72 heavy (non-hydrogen) atoms. The maximum atomic E-state index is 13.0. The van der Waals surface area contributed by atoms with Crippen molar-refractivity contribution in [3.05, 3.63) is 97.2 Å². The molecule has 0 aromatic carbocycles. The van der Waals surface area contributed by atoms with Gasteiger partial charge in [-0.25, -0.2) is 0 Å². The second-order valence-electron chi connectivity index (χ2n) is 20.0. The van der Waals surface area contributed by atoms with Gasteiger partial charge in [-0.15, -0.1) is 0 Å². The molecule has 0 saturated carbocycles. The molecule has 6 N–H and O–H groups in total. The molecule has 414 valence electrons. The third-order valence-corrected chi connectivity index (χ3v) is 13.4. The van der Waals surface area contributed by atoms with Crippen LogP contribution in [-0.2, 0) is 14.3 Å². The van der Waals surface area contributed by atoms with E-state index in [0.717, 1.165) is 77.0 Å². The van der Waals surface area contributed by atoms with Crippen molar-refractivity contribution >= 4 is 5.91 Å². The van der Waals surface area contributed by atoms with E-state index in [1.165, 1.54) is 141 Å². The van der Waals surface area contributed by atoms with Crippen LogP contribution >= 0.6 is 0 Å².